The van der Waals surface area contributed by atoms with Crippen molar-refractivity contribution in [3.63, 3.8) is 0 Å². The fourth-order valence-corrected chi connectivity index (χ4v) is 3.80. The van der Waals surface area contributed by atoms with Crippen LogP contribution in [-0.4, -0.2) is 12.2 Å². The number of unbranched alkanes of at least 4 members (excludes halogenated alkanes) is 4. The Morgan fingerprint density at radius 2 is 0.920 bits per heavy atom. The highest BCUT2D eigenvalue weighted by Crippen LogP contribution is 2.31. The zero-order valence-electron chi connectivity index (χ0n) is 18.9. The molecular weight excluding hydrogens is 304 g/mol. The second-order valence-corrected chi connectivity index (χ2v) is 8.69. The Labute approximate surface area is 160 Å². The normalized spacial score (nSPS) is 19.2. The van der Waals surface area contributed by atoms with Crippen LogP contribution in [0.2, 0.25) is 0 Å². The van der Waals surface area contributed by atoms with Gasteiger partial charge >= 0.3 is 0 Å². The van der Waals surface area contributed by atoms with Gasteiger partial charge in [-0.3, -0.25) is 0 Å². The first-order valence-corrected chi connectivity index (χ1v) is 11.6. The Kier molecular flexibility index (Phi) is 15.0. The molecule has 6 unspecified atom stereocenters. The van der Waals surface area contributed by atoms with E-state index in [0.29, 0.717) is 24.0 Å². The molecule has 0 amide bonds. The van der Waals surface area contributed by atoms with Crippen LogP contribution in [-0.2, 0) is 4.74 Å². The second-order valence-electron chi connectivity index (χ2n) is 8.69. The van der Waals surface area contributed by atoms with Gasteiger partial charge in [0.1, 0.15) is 0 Å². The van der Waals surface area contributed by atoms with Crippen molar-refractivity contribution in [2.45, 2.75) is 132 Å². The molecule has 0 aromatic rings. The maximum atomic E-state index is 6.91. The molecule has 0 aromatic heterocycles. The average molecular weight is 355 g/mol. The molecule has 6 atom stereocenters. The molecule has 1 heteroatoms. The van der Waals surface area contributed by atoms with Gasteiger partial charge < -0.3 is 4.74 Å². The predicted octanol–water partition coefficient (Wildman–Crippen LogP) is 8.27. The second kappa shape index (κ2) is 15.1. The van der Waals surface area contributed by atoms with Crippen molar-refractivity contribution in [3.05, 3.63) is 0 Å². The molecule has 0 radical (unpaired) electrons. The van der Waals surface area contributed by atoms with Crippen LogP contribution < -0.4 is 0 Å². The van der Waals surface area contributed by atoms with E-state index in [1.165, 1.54) is 64.2 Å². The molecule has 0 aliphatic heterocycles. The Morgan fingerprint density at radius 1 is 0.560 bits per heavy atom. The molecule has 0 aromatic carbocycles. The summed E-state index contributed by atoms with van der Waals surface area (Å²) in [5, 5.41) is 0. The van der Waals surface area contributed by atoms with Gasteiger partial charge in [-0.2, -0.15) is 0 Å². The van der Waals surface area contributed by atoms with Gasteiger partial charge in [-0.05, 0) is 36.5 Å². The van der Waals surface area contributed by atoms with E-state index in [4.69, 9.17) is 4.74 Å². The summed E-state index contributed by atoms with van der Waals surface area (Å²) in [7, 11) is 0. The number of rotatable bonds is 16. The molecule has 0 heterocycles. The fraction of sp³-hybridized carbons (Fsp3) is 1.00. The summed E-state index contributed by atoms with van der Waals surface area (Å²) in [6.45, 7) is 18.9. The first kappa shape index (κ1) is 25.0. The van der Waals surface area contributed by atoms with Gasteiger partial charge in [0.15, 0.2) is 0 Å². The van der Waals surface area contributed by atoms with Crippen LogP contribution >= 0.6 is 0 Å². The van der Waals surface area contributed by atoms with Crippen molar-refractivity contribution in [2.24, 2.45) is 23.7 Å². The lowest BCUT2D eigenvalue weighted by atomic mass is 9.84. The minimum absolute atomic E-state index is 0.444. The Bertz CT molecular complexity index is 260. The van der Waals surface area contributed by atoms with Gasteiger partial charge in [0, 0.05) is 0 Å². The molecule has 0 aliphatic rings. The quantitative estimate of drug-likeness (QED) is 0.253. The minimum atomic E-state index is 0.444. The molecule has 0 spiro atoms. The molecule has 0 fully saturated rings. The van der Waals surface area contributed by atoms with E-state index < -0.39 is 0 Å². The van der Waals surface area contributed by atoms with Crippen LogP contribution in [0.5, 0.6) is 0 Å². The molecule has 0 rings (SSSR count). The summed E-state index contributed by atoms with van der Waals surface area (Å²) >= 11 is 0. The van der Waals surface area contributed by atoms with Gasteiger partial charge in [-0.15, -0.1) is 0 Å². The van der Waals surface area contributed by atoms with Crippen molar-refractivity contribution < 1.29 is 4.74 Å². The van der Waals surface area contributed by atoms with Crippen LogP contribution in [0, 0.1) is 23.7 Å². The van der Waals surface area contributed by atoms with Gasteiger partial charge in [-0.25, -0.2) is 0 Å². The highest BCUT2D eigenvalue weighted by atomic mass is 16.5. The van der Waals surface area contributed by atoms with Crippen molar-refractivity contribution in [1.29, 1.82) is 0 Å². The fourth-order valence-electron chi connectivity index (χ4n) is 3.80. The predicted molar refractivity (Wildman–Crippen MR) is 114 cm³/mol. The molecule has 0 saturated heterocycles. The maximum Gasteiger partial charge on any atom is 0.0607 e. The Balaban J connectivity index is 5.04. The van der Waals surface area contributed by atoms with E-state index in [2.05, 4.69) is 55.4 Å². The SMILES string of the molecule is CCCCCC(OC(CCCCC)C(C)C(C)CC)C(C)C(C)CC. The smallest absolute Gasteiger partial charge is 0.0607 e. The maximum absolute atomic E-state index is 6.91. The van der Waals surface area contributed by atoms with Crippen molar-refractivity contribution >= 4 is 0 Å². The van der Waals surface area contributed by atoms with Crippen LogP contribution in [0.25, 0.3) is 0 Å². The highest BCUT2D eigenvalue weighted by Gasteiger charge is 2.29. The zero-order chi connectivity index (χ0) is 19.2. The lowest BCUT2D eigenvalue weighted by Crippen LogP contribution is -2.36. The molecule has 25 heavy (non-hydrogen) atoms. The van der Waals surface area contributed by atoms with E-state index in [1.54, 1.807) is 0 Å². The molecule has 0 bridgehead atoms. The third kappa shape index (κ3) is 10.0. The molecule has 0 saturated carbocycles. The lowest BCUT2D eigenvalue weighted by Gasteiger charge is -2.36. The summed E-state index contributed by atoms with van der Waals surface area (Å²) in [6.07, 6.45) is 13.8. The van der Waals surface area contributed by atoms with E-state index in [-0.39, 0.29) is 0 Å². The van der Waals surface area contributed by atoms with Gasteiger partial charge in [0.05, 0.1) is 12.2 Å². The van der Waals surface area contributed by atoms with Gasteiger partial charge in [-0.1, -0.05) is 107 Å². The summed E-state index contributed by atoms with van der Waals surface area (Å²) in [5.74, 6) is 2.84. The summed E-state index contributed by atoms with van der Waals surface area (Å²) < 4.78 is 6.91. The minimum Gasteiger partial charge on any atom is -0.374 e. The number of hydrogen-bond donors (Lipinski definition) is 0. The average Bonchev–Trinajstić information content (AvgIpc) is 2.63. The molecule has 0 N–H and O–H groups in total. The molecule has 1 nitrogen and oxygen atoms in total. The zero-order valence-corrected chi connectivity index (χ0v) is 18.9. The first-order valence-electron chi connectivity index (χ1n) is 11.6. The highest BCUT2D eigenvalue weighted by molar-refractivity contribution is 4.77. The van der Waals surface area contributed by atoms with Crippen molar-refractivity contribution in [3.8, 4) is 0 Å². The Hall–Kier alpha value is -0.0400. The third-order valence-corrected chi connectivity index (χ3v) is 6.79. The van der Waals surface area contributed by atoms with E-state index in [0.717, 1.165) is 11.8 Å². The summed E-state index contributed by atoms with van der Waals surface area (Å²) in [6, 6.07) is 0. The number of hydrogen-bond acceptors (Lipinski definition) is 1. The number of ether oxygens (including phenoxy) is 1. The lowest BCUT2D eigenvalue weighted by molar-refractivity contribution is -0.0889. The largest absolute Gasteiger partial charge is 0.374 e. The van der Waals surface area contributed by atoms with Gasteiger partial charge in [0.25, 0.3) is 0 Å². The topological polar surface area (TPSA) is 9.23 Å². The molecular formula is C24H50O. The third-order valence-electron chi connectivity index (χ3n) is 6.79. The monoisotopic (exact) mass is 354 g/mol. The van der Waals surface area contributed by atoms with Crippen molar-refractivity contribution in [1.82, 2.24) is 0 Å². The summed E-state index contributed by atoms with van der Waals surface area (Å²) in [4.78, 5) is 0. The molecule has 152 valence electrons. The molecule has 0 aliphatic carbocycles. The van der Waals surface area contributed by atoms with E-state index in [1.807, 2.05) is 0 Å². The Morgan fingerprint density at radius 3 is 1.20 bits per heavy atom. The van der Waals surface area contributed by atoms with Gasteiger partial charge in [0.2, 0.25) is 0 Å². The van der Waals surface area contributed by atoms with E-state index in [9.17, 15) is 0 Å². The van der Waals surface area contributed by atoms with Crippen LogP contribution in [0.4, 0.5) is 0 Å². The van der Waals surface area contributed by atoms with Crippen LogP contribution in [0.1, 0.15) is 120 Å². The van der Waals surface area contributed by atoms with Crippen LogP contribution in [0.3, 0.4) is 0 Å². The van der Waals surface area contributed by atoms with Crippen LogP contribution in [0.15, 0.2) is 0 Å². The summed E-state index contributed by atoms with van der Waals surface area (Å²) in [5.41, 5.74) is 0. The van der Waals surface area contributed by atoms with Crippen molar-refractivity contribution in [2.75, 3.05) is 0 Å². The standard InChI is InChI=1S/C24H50O/c1-9-13-15-17-23(21(7)19(5)11-3)25-24(18-16-14-10-2)22(8)20(6)12-4/h19-24H,9-18H2,1-8H3. The first-order chi connectivity index (χ1) is 11.9. The van der Waals surface area contributed by atoms with E-state index >= 15 is 0 Å².